The van der Waals surface area contributed by atoms with Gasteiger partial charge in [-0.1, -0.05) is 42.5 Å². The predicted molar refractivity (Wildman–Crippen MR) is 92.6 cm³/mol. The zero-order chi connectivity index (χ0) is 15.6. The standard InChI is InChI=1S/C18H15N3OS/c22-17(19-11-13-6-2-1-3-7-13)10-14-12-23-18-20-15-8-4-5-9-16(15)21(14)18/h1-9,12H,10-11H2,(H,19,22). The Hall–Kier alpha value is -2.66. The van der Waals surface area contributed by atoms with E-state index in [4.69, 9.17) is 0 Å². The van der Waals surface area contributed by atoms with Gasteiger partial charge in [-0.3, -0.25) is 9.20 Å². The van der Waals surface area contributed by atoms with Crippen LogP contribution >= 0.6 is 11.3 Å². The van der Waals surface area contributed by atoms with E-state index in [1.165, 1.54) is 0 Å². The van der Waals surface area contributed by atoms with Gasteiger partial charge in [0.15, 0.2) is 4.96 Å². The van der Waals surface area contributed by atoms with Gasteiger partial charge in [0.05, 0.1) is 17.5 Å². The van der Waals surface area contributed by atoms with E-state index in [1.807, 2.05) is 60.0 Å². The number of para-hydroxylation sites is 2. The smallest absolute Gasteiger partial charge is 0.226 e. The number of rotatable bonds is 4. The second-order valence-corrected chi connectivity index (χ2v) is 6.22. The highest BCUT2D eigenvalue weighted by Gasteiger charge is 2.13. The number of nitrogens with zero attached hydrogens (tertiary/aromatic N) is 2. The maximum absolute atomic E-state index is 12.2. The Labute approximate surface area is 137 Å². The molecule has 114 valence electrons. The van der Waals surface area contributed by atoms with Gasteiger partial charge in [0.2, 0.25) is 5.91 Å². The quantitative estimate of drug-likeness (QED) is 0.626. The summed E-state index contributed by atoms with van der Waals surface area (Å²) in [6.45, 7) is 0.553. The molecule has 0 saturated carbocycles. The maximum Gasteiger partial charge on any atom is 0.226 e. The first-order valence-electron chi connectivity index (χ1n) is 7.45. The number of benzene rings is 2. The summed E-state index contributed by atoms with van der Waals surface area (Å²) in [6.07, 6.45) is 0.354. The summed E-state index contributed by atoms with van der Waals surface area (Å²) in [5, 5.41) is 4.98. The molecule has 0 atom stereocenters. The molecular formula is C18H15N3OS. The van der Waals surface area contributed by atoms with Crippen LogP contribution in [0.5, 0.6) is 0 Å². The van der Waals surface area contributed by atoms with E-state index in [0.29, 0.717) is 13.0 Å². The third-order valence-corrected chi connectivity index (χ3v) is 4.67. The van der Waals surface area contributed by atoms with Gasteiger partial charge in [-0.2, -0.15) is 0 Å². The fourth-order valence-corrected chi connectivity index (χ4v) is 3.58. The molecule has 0 bridgehead atoms. The SMILES string of the molecule is O=C(Cc1csc2nc3ccccc3n12)NCc1ccccc1. The minimum atomic E-state index is 0.0198. The van der Waals surface area contributed by atoms with Crippen LogP contribution in [0.2, 0.25) is 0 Å². The molecule has 2 aromatic carbocycles. The number of nitrogens with one attached hydrogen (secondary N) is 1. The van der Waals surface area contributed by atoms with E-state index in [9.17, 15) is 4.79 Å². The Balaban J connectivity index is 1.54. The lowest BCUT2D eigenvalue weighted by Crippen LogP contribution is -2.24. The molecular weight excluding hydrogens is 306 g/mol. The molecule has 5 heteroatoms. The van der Waals surface area contributed by atoms with Crippen molar-refractivity contribution in [2.24, 2.45) is 0 Å². The molecule has 0 unspecified atom stereocenters. The van der Waals surface area contributed by atoms with Crippen LogP contribution in [0.15, 0.2) is 60.0 Å². The highest BCUT2D eigenvalue weighted by molar-refractivity contribution is 7.15. The van der Waals surface area contributed by atoms with Crippen LogP contribution in [0.3, 0.4) is 0 Å². The van der Waals surface area contributed by atoms with Gasteiger partial charge in [-0.05, 0) is 17.7 Å². The Morgan fingerprint density at radius 1 is 1.09 bits per heavy atom. The number of hydrogen-bond donors (Lipinski definition) is 1. The average molecular weight is 321 g/mol. The van der Waals surface area contributed by atoms with Gasteiger partial charge in [-0.15, -0.1) is 11.3 Å². The zero-order valence-corrected chi connectivity index (χ0v) is 13.2. The van der Waals surface area contributed by atoms with E-state index in [0.717, 1.165) is 27.3 Å². The fraction of sp³-hybridized carbons (Fsp3) is 0.111. The molecule has 4 aromatic rings. The topological polar surface area (TPSA) is 46.4 Å². The van der Waals surface area contributed by atoms with Crippen molar-refractivity contribution < 1.29 is 4.79 Å². The molecule has 4 nitrogen and oxygen atoms in total. The summed E-state index contributed by atoms with van der Waals surface area (Å²) in [5.74, 6) is 0.0198. The van der Waals surface area contributed by atoms with Crippen LogP contribution in [0.25, 0.3) is 16.0 Å². The molecule has 2 aromatic heterocycles. The van der Waals surface area contributed by atoms with Crippen molar-refractivity contribution in [2.75, 3.05) is 0 Å². The summed E-state index contributed by atoms with van der Waals surface area (Å²) in [4.78, 5) is 17.8. The molecule has 2 heterocycles. The van der Waals surface area contributed by atoms with E-state index in [-0.39, 0.29) is 5.91 Å². The second kappa shape index (κ2) is 5.85. The molecule has 0 aliphatic rings. The number of hydrogen-bond acceptors (Lipinski definition) is 3. The van der Waals surface area contributed by atoms with Crippen molar-refractivity contribution in [1.82, 2.24) is 14.7 Å². The number of aromatic nitrogens is 2. The predicted octanol–water partition coefficient (Wildman–Crippen LogP) is 3.41. The van der Waals surface area contributed by atoms with Crippen molar-refractivity contribution >= 4 is 33.2 Å². The molecule has 0 radical (unpaired) electrons. The monoisotopic (exact) mass is 321 g/mol. The summed E-state index contributed by atoms with van der Waals surface area (Å²) in [6, 6.07) is 17.9. The normalized spacial score (nSPS) is 11.1. The Morgan fingerprint density at radius 2 is 1.87 bits per heavy atom. The maximum atomic E-state index is 12.2. The van der Waals surface area contributed by atoms with E-state index in [1.54, 1.807) is 11.3 Å². The lowest BCUT2D eigenvalue weighted by molar-refractivity contribution is -0.120. The number of thiazole rings is 1. The number of imidazole rings is 1. The van der Waals surface area contributed by atoms with E-state index in [2.05, 4.69) is 14.7 Å². The second-order valence-electron chi connectivity index (χ2n) is 5.38. The molecule has 0 spiro atoms. The third kappa shape index (κ3) is 2.71. The summed E-state index contributed by atoms with van der Waals surface area (Å²) < 4.78 is 2.07. The first kappa shape index (κ1) is 14.0. The number of carbonyl (C=O) groups excluding carboxylic acids is 1. The molecule has 0 aliphatic carbocycles. The van der Waals surface area contributed by atoms with E-state index >= 15 is 0 Å². The zero-order valence-electron chi connectivity index (χ0n) is 12.4. The largest absolute Gasteiger partial charge is 0.352 e. The van der Waals surface area contributed by atoms with E-state index < -0.39 is 0 Å². The van der Waals surface area contributed by atoms with Crippen LogP contribution in [-0.4, -0.2) is 15.3 Å². The lowest BCUT2D eigenvalue weighted by Gasteiger charge is -2.05. The Bertz CT molecular complexity index is 972. The van der Waals surface area contributed by atoms with Crippen molar-refractivity contribution in [3.05, 3.63) is 71.2 Å². The van der Waals surface area contributed by atoms with Crippen LogP contribution in [-0.2, 0) is 17.8 Å². The van der Waals surface area contributed by atoms with Crippen molar-refractivity contribution in [3.8, 4) is 0 Å². The van der Waals surface area contributed by atoms with Gasteiger partial charge in [0.1, 0.15) is 0 Å². The van der Waals surface area contributed by atoms with Crippen LogP contribution < -0.4 is 5.32 Å². The van der Waals surface area contributed by atoms with Crippen LogP contribution in [0.4, 0.5) is 0 Å². The minimum Gasteiger partial charge on any atom is -0.352 e. The molecule has 0 saturated heterocycles. The first-order chi connectivity index (χ1) is 11.3. The third-order valence-electron chi connectivity index (χ3n) is 3.79. The molecule has 0 fully saturated rings. The highest BCUT2D eigenvalue weighted by atomic mass is 32.1. The van der Waals surface area contributed by atoms with Gasteiger partial charge in [0.25, 0.3) is 0 Å². The van der Waals surface area contributed by atoms with Crippen molar-refractivity contribution in [3.63, 3.8) is 0 Å². The highest BCUT2D eigenvalue weighted by Crippen LogP contribution is 2.23. The first-order valence-corrected chi connectivity index (χ1v) is 8.33. The van der Waals surface area contributed by atoms with Crippen molar-refractivity contribution in [1.29, 1.82) is 0 Å². The Morgan fingerprint density at radius 3 is 2.74 bits per heavy atom. The van der Waals surface area contributed by atoms with Gasteiger partial charge >= 0.3 is 0 Å². The lowest BCUT2D eigenvalue weighted by atomic mass is 10.2. The molecule has 23 heavy (non-hydrogen) atoms. The fourth-order valence-electron chi connectivity index (χ4n) is 2.68. The number of amides is 1. The summed E-state index contributed by atoms with van der Waals surface area (Å²) in [5.41, 5.74) is 4.09. The summed E-state index contributed by atoms with van der Waals surface area (Å²) in [7, 11) is 0. The van der Waals surface area contributed by atoms with Crippen LogP contribution in [0, 0.1) is 0 Å². The number of fused-ring (bicyclic) bond motifs is 3. The van der Waals surface area contributed by atoms with Crippen molar-refractivity contribution in [2.45, 2.75) is 13.0 Å². The average Bonchev–Trinajstić information content (AvgIpc) is 3.14. The van der Waals surface area contributed by atoms with Gasteiger partial charge in [-0.25, -0.2) is 4.98 Å². The number of carbonyl (C=O) groups is 1. The molecule has 1 amide bonds. The van der Waals surface area contributed by atoms with Gasteiger partial charge < -0.3 is 5.32 Å². The van der Waals surface area contributed by atoms with Gasteiger partial charge in [0, 0.05) is 17.6 Å². The molecule has 0 aliphatic heterocycles. The Kier molecular flexibility index (Phi) is 3.55. The summed E-state index contributed by atoms with van der Waals surface area (Å²) >= 11 is 1.57. The van der Waals surface area contributed by atoms with Crippen LogP contribution in [0.1, 0.15) is 11.3 Å². The molecule has 4 rings (SSSR count). The molecule has 1 N–H and O–H groups in total. The minimum absolute atomic E-state index is 0.0198.